The summed E-state index contributed by atoms with van der Waals surface area (Å²) >= 11 is 0. The van der Waals surface area contributed by atoms with E-state index in [1.165, 1.54) is 18.9 Å². The van der Waals surface area contributed by atoms with Gasteiger partial charge in [0.05, 0.1) is 13.7 Å². The van der Waals surface area contributed by atoms with Gasteiger partial charge in [-0.3, -0.25) is 0 Å². The zero-order chi connectivity index (χ0) is 15.5. The molecule has 21 heavy (non-hydrogen) atoms. The van der Waals surface area contributed by atoms with Crippen LogP contribution in [0, 0.1) is 5.92 Å². The fourth-order valence-electron chi connectivity index (χ4n) is 2.25. The second kappa shape index (κ2) is 10.0. The summed E-state index contributed by atoms with van der Waals surface area (Å²) in [5.41, 5.74) is 0.869. The highest BCUT2D eigenvalue weighted by atomic mass is 16.5. The molecule has 0 saturated carbocycles. The van der Waals surface area contributed by atoms with Crippen LogP contribution in [0.1, 0.15) is 45.1 Å². The van der Waals surface area contributed by atoms with Gasteiger partial charge in [0.25, 0.3) is 0 Å². The molecule has 0 atom stereocenters. The maximum absolute atomic E-state index is 11.6. The monoisotopic (exact) mass is 290 g/mol. The molecule has 0 aliphatic rings. The summed E-state index contributed by atoms with van der Waals surface area (Å²) in [6.45, 7) is 4.90. The number of carbonyl (C=O) groups excluding carboxylic acids is 1. The Morgan fingerprint density at radius 2 is 1.95 bits per heavy atom. The van der Waals surface area contributed by atoms with Gasteiger partial charge < -0.3 is 9.47 Å². The molecule has 0 radical (unpaired) electrons. The summed E-state index contributed by atoms with van der Waals surface area (Å²) in [5, 5.41) is 0. The van der Waals surface area contributed by atoms with Gasteiger partial charge in [0.15, 0.2) is 0 Å². The van der Waals surface area contributed by atoms with Crippen molar-refractivity contribution in [1.29, 1.82) is 0 Å². The van der Waals surface area contributed by atoms with Gasteiger partial charge >= 0.3 is 5.97 Å². The maximum atomic E-state index is 11.6. The second-order valence-corrected chi connectivity index (χ2v) is 5.07. The van der Waals surface area contributed by atoms with E-state index >= 15 is 0 Å². The van der Waals surface area contributed by atoms with Gasteiger partial charge in [-0.25, -0.2) is 4.79 Å². The van der Waals surface area contributed by atoms with E-state index in [-0.39, 0.29) is 5.97 Å². The number of para-hydroxylation sites is 1. The molecule has 0 unspecified atom stereocenters. The molecule has 0 aliphatic heterocycles. The number of hydrogen-bond donors (Lipinski definition) is 0. The highest BCUT2D eigenvalue weighted by Gasteiger charge is 2.04. The van der Waals surface area contributed by atoms with Crippen LogP contribution >= 0.6 is 0 Å². The lowest BCUT2D eigenvalue weighted by atomic mass is 9.98. The van der Waals surface area contributed by atoms with E-state index in [4.69, 9.17) is 9.47 Å². The molecule has 1 aromatic rings. The maximum Gasteiger partial charge on any atom is 0.330 e. The van der Waals surface area contributed by atoms with Crippen molar-refractivity contribution < 1.29 is 14.3 Å². The minimum atomic E-state index is -0.301. The predicted molar refractivity (Wildman–Crippen MR) is 86.3 cm³/mol. The standard InChI is InChI=1S/C18H26O3/c1-4-15(5-2)9-8-14-21-18(19)13-12-16-10-6-7-11-17(16)20-3/h6-7,10-13,15H,4-5,8-9,14H2,1-3H3. The van der Waals surface area contributed by atoms with Gasteiger partial charge in [-0.05, 0) is 30.9 Å². The highest BCUT2D eigenvalue weighted by Crippen LogP contribution is 2.18. The van der Waals surface area contributed by atoms with E-state index in [1.54, 1.807) is 13.2 Å². The van der Waals surface area contributed by atoms with Crippen LogP contribution in [-0.2, 0) is 9.53 Å². The number of esters is 1. The van der Waals surface area contributed by atoms with Gasteiger partial charge in [0.2, 0.25) is 0 Å². The molecule has 0 bridgehead atoms. The van der Waals surface area contributed by atoms with Crippen LogP contribution in [0.5, 0.6) is 5.75 Å². The first-order valence-electron chi connectivity index (χ1n) is 7.69. The summed E-state index contributed by atoms with van der Waals surface area (Å²) < 4.78 is 10.4. The van der Waals surface area contributed by atoms with Crippen LogP contribution in [0.4, 0.5) is 0 Å². The minimum absolute atomic E-state index is 0.301. The Morgan fingerprint density at radius 1 is 1.24 bits per heavy atom. The van der Waals surface area contributed by atoms with Crippen molar-refractivity contribution in [3.63, 3.8) is 0 Å². The number of methoxy groups -OCH3 is 1. The molecule has 0 heterocycles. The number of ether oxygens (including phenoxy) is 2. The number of carbonyl (C=O) groups is 1. The Balaban J connectivity index is 2.35. The van der Waals surface area contributed by atoms with E-state index in [2.05, 4.69) is 13.8 Å². The van der Waals surface area contributed by atoms with E-state index in [0.29, 0.717) is 6.61 Å². The van der Waals surface area contributed by atoms with Crippen LogP contribution < -0.4 is 4.74 Å². The Bertz CT molecular complexity index is 448. The van der Waals surface area contributed by atoms with Crippen LogP contribution in [-0.4, -0.2) is 19.7 Å². The SMILES string of the molecule is CCC(CC)CCCOC(=O)C=Cc1ccccc1OC. The first-order chi connectivity index (χ1) is 10.2. The smallest absolute Gasteiger partial charge is 0.330 e. The molecule has 3 nitrogen and oxygen atoms in total. The van der Waals surface area contributed by atoms with E-state index in [1.807, 2.05) is 24.3 Å². The number of hydrogen-bond acceptors (Lipinski definition) is 3. The van der Waals surface area contributed by atoms with E-state index in [9.17, 15) is 4.79 Å². The van der Waals surface area contributed by atoms with Gasteiger partial charge in [0, 0.05) is 11.6 Å². The quantitative estimate of drug-likeness (QED) is 0.382. The van der Waals surface area contributed by atoms with Crippen LogP contribution in [0.15, 0.2) is 30.3 Å². The topological polar surface area (TPSA) is 35.5 Å². The zero-order valence-corrected chi connectivity index (χ0v) is 13.3. The lowest BCUT2D eigenvalue weighted by Gasteiger charge is -2.11. The average Bonchev–Trinajstić information content (AvgIpc) is 2.53. The molecule has 0 amide bonds. The molecule has 0 aromatic heterocycles. The van der Waals surface area contributed by atoms with Crippen molar-refractivity contribution in [2.45, 2.75) is 39.5 Å². The van der Waals surface area contributed by atoms with Gasteiger partial charge in [-0.1, -0.05) is 44.9 Å². The van der Waals surface area contributed by atoms with Crippen molar-refractivity contribution in [1.82, 2.24) is 0 Å². The third-order valence-corrected chi connectivity index (χ3v) is 3.69. The summed E-state index contributed by atoms with van der Waals surface area (Å²) in [5.74, 6) is 1.19. The van der Waals surface area contributed by atoms with Crippen LogP contribution in [0.2, 0.25) is 0 Å². The van der Waals surface area contributed by atoms with Gasteiger partial charge in [-0.2, -0.15) is 0 Å². The van der Waals surface area contributed by atoms with Crippen molar-refractivity contribution >= 4 is 12.0 Å². The Kier molecular flexibility index (Phi) is 8.25. The molecular formula is C18H26O3. The highest BCUT2D eigenvalue weighted by molar-refractivity contribution is 5.87. The molecule has 0 saturated heterocycles. The van der Waals surface area contributed by atoms with Crippen LogP contribution in [0.25, 0.3) is 6.08 Å². The number of benzene rings is 1. The fourth-order valence-corrected chi connectivity index (χ4v) is 2.25. The molecule has 1 aromatic carbocycles. The lowest BCUT2D eigenvalue weighted by Crippen LogP contribution is -2.05. The Labute approximate surface area is 128 Å². The Hall–Kier alpha value is -1.77. The molecule has 0 aliphatic carbocycles. The third kappa shape index (κ3) is 6.48. The predicted octanol–water partition coefficient (Wildman–Crippen LogP) is 4.47. The molecule has 1 rings (SSSR count). The molecule has 0 spiro atoms. The molecule has 0 fully saturated rings. The summed E-state index contributed by atoms with van der Waals surface area (Å²) in [7, 11) is 1.61. The summed E-state index contributed by atoms with van der Waals surface area (Å²) in [6, 6.07) is 7.56. The molecular weight excluding hydrogens is 264 g/mol. The van der Waals surface area contributed by atoms with Crippen molar-refractivity contribution in [2.75, 3.05) is 13.7 Å². The minimum Gasteiger partial charge on any atom is -0.496 e. The van der Waals surface area contributed by atoms with E-state index < -0.39 is 0 Å². The second-order valence-electron chi connectivity index (χ2n) is 5.07. The van der Waals surface area contributed by atoms with E-state index in [0.717, 1.165) is 30.1 Å². The zero-order valence-electron chi connectivity index (χ0n) is 13.3. The normalized spacial score (nSPS) is 11.0. The summed E-state index contributed by atoms with van der Waals surface area (Å²) in [6.07, 6.45) is 7.62. The van der Waals surface area contributed by atoms with Crippen LogP contribution in [0.3, 0.4) is 0 Å². The Morgan fingerprint density at radius 3 is 2.62 bits per heavy atom. The van der Waals surface area contributed by atoms with Crippen molar-refractivity contribution in [3.05, 3.63) is 35.9 Å². The van der Waals surface area contributed by atoms with Crippen molar-refractivity contribution in [2.24, 2.45) is 5.92 Å². The van der Waals surface area contributed by atoms with Gasteiger partial charge in [0.1, 0.15) is 5.75 Å². The lowest BCUT2D eigenvalue weighted by molar-refractivity contribution is -0.137. The molecule has 116 valence electrons. The third-order valence-electron chi connectivity index (χ3n) is 3.69. The van der Waals surface area contributed by atoms with Crippen molar-refractivity contribution in [3.8, 4) is 5.75 Å². The first kappa shape index (κ1) is 17.3. The number of rotatable bonds is 9. The fraction of sp³-hybridized carbons (Fsp3) is 0.500. The molecule has 0 N–H and O–H groups in total. The largest absolute Gasteiger partial charge is 0.496 e. The van der Waals surface area contributed by atoms with Gasteiger partial charge in [-0.15, -0.1) is 0 Å². The first-order valence-corrected chi connectivity index (χ1v) is 7.69. The summed E-state index contributed by atoms with van der Waals surface area (Å²) in [4.78, 5) is 11.6. The average molecular weight is 290 g/mol. The molecule has 3 heteroatoms.